The van der Waals surface area contributed by atoms with E-state index in [0.717, 1.165) is 5.56 Å². The molecule has 0 aliphatic rings. The van der Waals surface area contributed by atoms with Gasteiger partial charge in [0.1, 0.15) is 0 Å². The number of nitrogens with zero attached hydrogens (tertiary/aromatic N) is 1. The fourth-order valence-electron chi connectivity index (χ4n) is 2.46. The Hall–Kier alpha value is -2.84. The van der Waals surface area contributed by atoms with Crippen LogP contribution in [0.25, 0.3) is 11.6 Å². The molecule has 0 amide bonds. The highest BCUT2D eigenvalue weighted by Crippen LogP contribution is 2.38. The number of benzene rings is 2. The van der Waals surface area contributed by atoms with Gasteiger partial charge >= 0.3 is 0 Å². The minimum absolute atomic E-state index is 0.419. The Morgan fingerprint density at radius 1 is 1.04 bits per heavy atom. The summed E-state index contributed by atoms with van der Waals surface area (Å²) < 4.78 is 21.4. The van der Waals surface area contributed by atoms with Gasteiger partial charge in [0.25, 0.3) is 0 Å². The first-order chi connectivity index (χ1) is 12.6. The summed E-state index contributed by atoms with van der Waals surface area (Å²) in [7, 11) is 4.66. The summed E-state index contributed by atoms with van der Waals surface area (Å²) in [6.45, 7) is 2.34. The quantitative estimate of drug-likeness (QED) is 0.514. The zero-order chi connectivity index (χ0) is 19.1. The standard InChI is InChI=1S/C20H20ClNO4/c1-5-26-20-16(21)9-13(10-19(20)25-4)8-15(12-22)14-6-7-17(23-2)18(11-14)24-3/h6-11H,5H2,1-4H3/b15-8+. The minimum atomic E-state index is 0.419. The molecule has 5 nitrogen and oxygen atoms in total. The zero-order valence-corrected chi connectivity index (χ0v) is 15.9. The number of allylic oxidation sites excluding steroid dienone is 1. The van der Waals surface area contributed by atoms with Crippen LogP contribution in [0.5, 0.6) is 23.0 Å². The van der Waals surface area contributed by atoms with Crippen LogP contribution in [0.2, 0.25) is 5.02 Å². The number of halogens is 1. The summed E-state index contributed by atoms with van der Waals surface area (Å²) in [5.41, 5.74) is 1.88. The molecule has 0 saturated carbocycles. The Morgan fingerprint density at radius 3 is 2.31 bits per heavy atom. The fourth-order valence-corrected chi connectivity index (χ4v) is 2.73. The lowest BCUT2D eigenvalue weighted by molar-refractivity contribution is 0.311. The van der Waals surface area contributed by atoms with Crippen molar-refractivity contribution in [3.8, 4) is 29.1 Å². The molecule has 0 aliphatic carbocycles. The smallest absolute Gasteiger partial charge is 0.179 e. The molecule has 0 bridgehead atoms. The number of nitriles is 1. The largest absolute Gasteiger partial charge is 0.493 e. The van der Waals surface area contributed by atoms with E-state index in [9.17, 15) is 5.26 Å². The van der Waals surface area contributed by atoms with E-state index in [1.807, 2.05) is 6.92 Å². The van der Waals surface area contributed by atoms with Gasteiger partial charge in [0.2, 0.25) is 0 Å². The second-order valence-corrected chi connectivity index (χ2v) is 5.61. The van der Waals surface area contributed by atoms with E-state index in [0.29, 0.717) is 45.8 Å². The summed E-state index contributed by atoms with van der Waals surface area (Å²) in [4.78, 5) is 0. The van der Waals surface area contributed by atoms with E-state index in [-0.39, 0.29) is 0 Å². The molecule has 136 valence electrons. The first-order valence-electron chi connectivity index (χ1n) is 7.92. The Kier molecular flexibility index (Phi) is 6.76. The normalized spacial score (nSPS) is 10.8. The third-order valence-electron chi connectivity index (χ3n) is 3.67. The molecule has 0 fully saturated rings. The van der Waals surface area contributed by atoms with E-state index in [1.54, 1.807) is 57.7 Å². The highest BCUT2D eigenvalue weighted by atomic mass is 35.5. The van der Waals surface area contributed by atoms with Crippen molar-refractivity contribution in [3.63, 3.8) is 0 Å². The summed E-state index contributed by atoms with van der Waals surface area (Å²) >= 11 is 6.30. The fraction of sp³-hybridized carbons (Fsp3) is 0.250. The highest BCUT2D eigenvalue weighted by molar-refractivity contribution is 6.32. The molecule has 0 aromatic heterocycles. The maximum absolute atomic E-state index is 9.59. The lowest BCUT2D eigenvalue weighted by Crippen LogP contribution is -1.97. The van der Waals surface area contributed by atoms with Crippen LogP contribution in [0.3, 0.4) is 0 Å². The minimum Gasteiger partial charge on any atom is -0.493 e. The van der Waals surface area contributed by atoms with E-state index in [2.05, 4.69) is 6.07 Å². The first kappa shape index (κ1) is 19.5. The Balaban J connectivity index is 2.50. The number of methoxy groups -OCH3 is 3. The number of hydrogen-bond acceptors (Lipinski definition) is 5. The first-order valence-corrected chi connectivity index (χ1v) is 8.30. The Labute approximate surface area is 158 Å². The number of hydrogen-bond donors (Lipinski definition) is 0. The molecule has 0 radical (unpaired) electrons. The van der Waals surface area contributed by atoms with E-state index < -0.39 is 0 Å². The SMILES string of the molecule is CCOc1c(Cl)cc(/C=C(\C#N)c2ccc(OC)c(OC)c2)cc1OC. The lowest BCUT2D eigenvalue weighted by atomic mass is 10.0. The van der Waals surface area contributed by atoms with Crippen LogP contribution in [-0.4, -0.2) is 27.9 Å². The van der Waals surface area contributed by atoms with Gasteiger partial charge in [-0.25, -0.2) is 0 Å². The van der Waals surface area contributed by atoms with Gasteiger partial charge in [-0.3, -0.25) is 0 Å². The van der Waals surface area contributed by atoms with Crippen LogP contribution < -0.4 is 18.9 Å². The maximum atomic E-state index is 9.59. The van der Waals surface area contributed by atoms with Gasteiger partial charge in [0.05, 0.1) is 44.6 Å². The highest BCUT2D eigenvalue weighted by Gasteiger charge is 2.13. The molecule has 6 heteroatoms. The van der Waals surface area contributed by atoms with Crippen molar-refractivity contribution in [2.45, 2.75) is 6.92 Å². The molecule has 2 rings (SSSR count). The van der Waals surface area contributed by atoms with Gasteiger partial charge in [-0.05, 0) is 54.5 Å². The molecule has 2 aromatic carbocycles. The molecular formula is C20H20ClNO4. The summed E-state index contributed by atoms with van der Waals surface area (Å²) in [5.74, 6) is 2.14. The molecule has 0 saturated heterocycles. The molecule has 0 N–H and O–H groups in total. The molecule has 0 heterocycles. The van der Waals surface area contributed by atoms with Crippen molar-refractivity contribution in [1.82, 2.24) is 0 Å². The second-order valence-electron chi connectivity index (χ2n) is 5.21. The topological polar surface area (TPSA) is 60.7 Å². The summed E-state index contributed by atoms with van der Waals surface area (Å²) in [5, 5.41) is 10.0. The van der Waals surface area contributed by atoms with E-state index in [4.69, 9.17) is 30.5 Å². The van der Waals surface area contributed by atoms with Crippen molar-refractivity contribution in [1.29, 1.82) is 5.26 Å². The van der Waals surface area contributed by atoms with E-state index >= 15 is 0 Å². The third kappa shape index (κ3) is 4.22. The molecule has 0 spiro atoms. The monoisotopic (exact) mass is 373 g/mol. The van der Waals surface area contributed by atoms with E-state index in [1.165, 1.54) is 0 Å². The van der Waals surface area contributed by atoms with Gasteiger partial charge in [-0.15, -0.1) is 0 Å². The van der Waals surface area contributed by atoms with Crippen LogP contribution >= 0.6 is 11.6 Å². The predicted molar refractivity (Wildman–Crippen MR) is 102 cm³/mol. The predicted octanol–water partition coefficient (Wildman–Crippen LogP) is 4.83. The van der Waals surface area contributed by atoms with Crippen molar-refractivity contribution in [2.75, 3.05) is 27.9 Å². The molecule has 0 aliphatic heterocycles. The van der Waals surface area contributed by atoms with Gasteiger partial charge in [0.15, 0.2) is 23.0 Å². The van der Waals surface area contributed by atoms with Crippen molar-refractivity contribution < 1.29 is 18.9 Å². The van der Waals surface area contributed by atoms with Crippen LogP contribution in [0, 0.1) is 11.3 Å². The summed E-state index contributed by atoms with van der Waals surface area (Å²) in [6, 6.07) is 11.0. The van der Waals surface area contributed by atoms with Crippen molar-refractivity contribution in [3.05, 3.63) is 46.5 Å². The molecule has 2 aromatic rings. The zero-order valence-electron chi connectivity index (χ0n) is 15.1. The van der Waals surface area contributed by atoms with Crippen LogP contribution in [0.15, 0.2) is 30.3 Å². The number of ether oxygens (including phenoxy) is 4. The number of rotatable bonds is 7. The average molecular weight is 374 g/mol. The van der Waals surface area contributed by atoms with Crippen LogP contribution in [-0.2, 0) is 0 Å². The summed E-state index contributed by atoms with van der Waals surface area (Å²) in [6.07, 6.45) is 1.73. The van der Waals surface area contributed by atoms with Crippen LogP contribution in [0.1, 0.15) is 18.1 Å². The third-order valence-corrected chi connectivity index (χ3v) is 3.95. The van der Waals surface area contributed by atoms with Gasteiger partial charge in [0, 0.05) is 0 Å². The molecule has 26 heavy (non-hydrogen) atoms. The van der Waals surface area contributed by atoms with Gasteiger partial charge in [-0.1, -0.05) is 11.6 Å². The Bertz CT molecular complexity index is 856. The van der Waals surface area contributed by atoms with Crippen molar-refractivity contribution >= 4 is 23.3 Å². The second kappa shape index (κ2) is 9.02. The van der Waals surface area contributed by atoms with Gasteiger partial charge < -0.3 is 18.9 Å². The maximum Gasteiger partial charge on any atom is 0.179 e. The molecule has 0 atom stereocenters. The van der Waals surface area contributed by atoms with Crippen molar-refractivity contribution in [2.24, 2.45) is 0 Å². The lowest BCUT2D eigenvalue weighted by Gasteiger charge is -2.12. The molecule has 0 unspecified atom stereocenters. The average Bonchev–Trinajstić information content (AvgIpc) is 2.67. The van der Waals surface area contributed by atoms with Gasteiger partial charge in [-0.2, -0.15) is 5.26 Å². The van der Waals surface area contributed by atoms with Crippen LogP contribution in [0.4, 0.5) is 0 Å². The molecular weight excluding hydrogens is 354 g/mol. The Morgan fingerprint density at radius 2 is 1.73 bits per heavy atom.